The first-order chi connectivity index (χ1) is 12.8. The third-order valence-corrected chi connectivity index (χ3v) is 7.14. The van der Waals surface area contributed by atoms with Crippen LogP contribution in [0.4, 0.5) is 9.93 Å². The van der Waals surface area contributed by atoms with Gasteiger partial charge in [0.1, 0.15) is 9.84 Å². The summed E-state index contributed by atoms with van der Waals surface area (Å²) in [6, 6.07) is 9.18. The molecule has 2 amide bonds. The number of rotatable bonds is 5. The number of aliphatic hydroxyl groups excluding tert-OH is 1. The second kappa shape index (κ2) is 8.37. The van der Waals surface area contributed by atoms with Crippen molar-refractivity contribution in [2.75, 3.05) is 23.4 Å². The number of carbonyl (C=O) groups is 1. The number of sulfone groups is 1. The van der Waals surface area contributed by atoms with Gasteiger partial charge in [0.2, 0.25) is 0 Å². The summed E-state index contributed by atoms with van der Waals surface area (Å²) in [5.41, 5.74) is 1.02. The number of aromatic nitrogens is 1. The number of hydrogen-bond acceptors (Lipinski definition) is 6. The van der Waals surface area contributed by atoms with Crippen LogP contribution in [0.25, 0.3) is 10.4 Å². The maximum Gasteiger partial charge on any atom is 0.323 e. The van der Waals surface area contributed by atoms with Crippen LogP contribution in [-0.2, 0) is 9.84 Å². The number of urea groups is 1. The van der Waals surface area contributed by atoms with Gasteiger partial charge in [0, 0.05) is 18.8 Å². The van der Waals surface area contributed by atoms with Gasteiger partial charge in [-0.25, -0.2) is 18.2 Å². The largest absolute Gasteiger partial charge is 0.392 e. The molecule has 1 aromatic carbocycles. The number of hydrogen-bond donors (Lipinski definition) is 2. The number of anilines is 1. The van der Waals surface area contributed by atoms with Crippen LogP contribution in [-0.4, -0.2) is 59.6 Å². The molecule has 27 heavy (non-hydrogen) atoms. The van der Waals surface area contributed by atoms with Crippen LogP contribution in [0.2, 0.25) is 0 Å². The molecule has 3 rings (SSSR count). The van der Waals surface area contributed by atoms with Gasteiger partial charge in [-0.1, -0.05) is 41.7 Å². The zero-order valence-corrected chi connectivity index (χ0v) is 16.7. The van der Waals surface area contributed by atoms with E-state index in [9.17, 15) is 18.3 Å². The summed E-state index contributed by atoms with van der Waals surface area (Å²) in [4.78, 5) is 19.5. The molecule has 2 heterocycles. The average molecular weight is 410 g/mol. The molecule has 1 aromatic heterocycles. The topological polar surface area (TPSA) is 99.6 Å². The van der Waals surface area contributed by atoms with Gasteiger partial charge >= 0.3 is 6.03 Å². The summed E-state index contributed by atoms with van der Waals surface area (Å²) in [6.07, 6.45) is 1.78. The molecule has 1 atom stereocenters. The highest BCUT2D eigenvalue weighted by Gasteiger charge is 2.31. The van der Waals surface area contributed by atoms with Gasteiger partial charge in [0.25, 0.3) is 0 Å². The molecule has 0 aliphatic carbocycles. The van der Waals surface area contributed by atoms with Crippen LogP contribution < -0.4 is 5.32 Å². The lowest BCUT2D eigenvalue weighted by atomic mass is 10.1. The molecule has 0 saturated carbocycles. The molecule has 0 bridgehead atoms. The molecule has 1 aliphatic heterocycles. The van der Waals surface area contributed by atoms with E-state index in [2.05, 4.69) is 10.3 Å². The Kier molecular flexibility index (Phi) is 6.13. The van der Waals surface area contributed by atoms with E-state index in [1.165, 1.54) is 16.2 Å². The maximum atomic E-state index is 12.8. The monoisotopic (exact) mass is 409 g/mol. The molecular formula is C18H23N3O4S2. The van der Waals surface area contributed by atoms with Crippen molar-refractivity contribution in [2.24, 2.45) is 0 Å². The first-order valence-corrected chi connectivity index (χ1v) is 11.5. The van der Waals surface area contributed by atoms with Crippen LogP contribution in [0.15, 0.2) is 36.5 Å². The van der Waals surface area contributed by atoms with Crippen LogP contribution in [0, 0.1) is 0 Å². The average Bonchev–Trinajstić information content (AvgIpc) is 3.09. The van der Waals surface area contributed by atoms with Crippen molar-refractivity contribution in [1.29, 1.82) is 0 Å². The lowest BCUT2D eigenvalue weighted by Gasteiger charge is -2.34. The Bertz CT molecular complexity index is 867. The van der Waals surface area contributed by atoms with E-state index in [4.69, 9.17) is 0 Å². The van der Waals surface area contributed by atoms with Gasteiger partial charge in [-0.05, 0) is 25.3 Å². The maximum absolute atomic E-state index is 12.8. The molecule has 2 aromatic rings. The van der Waals surface area contributed by atoms with Crippen LogP contribution >= 0.6 is 11.3 Å². The summed E-state index contributed by atoms with van der Waals surface area (Å²) in [5, 5.41) is 13.0. The highest BCUT2D eigenvalue weighted by molar-refractivity contribution is 7.91. The summed E-state index contributed by atoms with van der Waals surface area (Å²) in [5.74, 6) is 0.132. The van der Waals surface area contributed by atoms with E-state index in [-0.39, 0.29) is 30.1 Å². The van der Waals surface area contributed by atoms with Crippen molar-refractivity contribution in [3.63, 3.8) is 0 Å². The Balaban J connectivity index is 1.70. The van der Waals surface area contributed by atoms with Crippen molar-refractivity contribution in [3.8, 4) is 10.4 Å². The lowest BCUT2D eigenvalue weighted by Crippen LogP contribution is -2.49. The van der Waals surface area contributed by atoms with Gasteiger partial charge in [-0.2, -0.15) is 0 Å². The van der Waals surface area contributed by atoms with Crippen molar-refractivity contribution < 1.29 is 18.3 Å². The SMILES string of the molecule is C[C@H](O)CN(C(=O)Nc1ncc(-c2ccccc2)s1)C1CCS(=O)(=O)CC1. The fourth-order valence-electron chi connectivity index (χ4n) is 3.10. The normalized spacial score (nSPS) is 18.0. The highest BCUT2D eigenvalue weighted by atomic mass is 32.2. The summed E-state index contributed by atoms with van der Waals surface area (Å²) in [6.45, 7) is 1.75. The van der Waals surface area contributed by atoms with Crippen molar-refractivity contribution >= 4 is 32.3 Å². The second-order valence-electron chi connectivity index (χ2n) is 6.71. The minimum Gasteiger partial charge on any atom is -0.392 e. The smallest absolute Gasteiger partial charge is 0.323 e. The molecule has 7 nitrogen and oxygen atoms in total. The van der Waals surface area contributed by atoms with Crippen molar-refractivity contribution in [2.45, 2.75) is 31.9 Å². The zero-order chi connectivity index (χ0) is 19.4. The number of aliphatic hydroxyl groups is 1. The van der Waals surface area contributed by atoms with Gasteiger partial charge < -0.3 is 10.0 Å². The van der Waals surface area contributed by atoms with Gasteiger partial charge in [0.05, 0.1) is 22.5 Å². The predicted molar refractivity (Wildman–Crippen MR) is 107 cm³/mol. The molecule has 9 heteroatoms. The van der Waals surface area contributed by atoms with Crippen molar-refractivity contribution in [1.82, 2.24) is 9.88 Å². The summed E-state index contributed by atoms with van der Waals surface area (Å²) >= 11 is 1.37. The van der Waals surface area contributed by atoms with E-state index in [0.29, 0.717) is 18.0 Å². The molecular weight excluding hydrogens is 386 g/mol. The third kappa shape index (κ3) is 5.27. The fourth-order valence-corrected chi connectivity index (χ4v) is 5.38. The molecule has 1 aliphatic rings. The molecule has 0 spiro atoms. The van der Waals surface area contributed by atoms with E-state index in [1.807, 2.05) is 30.3 Å². The molecule has 1 fully saturated rings. The van der Waals surface area contributed by atoms with E-state index in [1.54, 1.807) is 13.1 Å². The van der Waals surface area contributed by atoms with Crippen LogP contribution in [0.5, 0.6) is 0 Å². The first-order valence-electron chi connectivity index (χ1n) is 8.81. The summed E-state index contributed by atoms with van der Waals surface area (Å²) in [7, 11) is -3.02. The molecule has 1 saturated heterocycles. The number of carbonyl (C=O) groups excluding carboxylic acids is 1. The standard InChI is InChI=1S/C18H23N3O4S2/c1-13(22)12-21(15-7-9-27(24,25)10-8-15)18(23)20-17-19-11-16(26-17)14-5-3-2-4-6-14/h2-6,11,13,15,22H,7-10,12H2,1H3,(H,19,20,23)/t13-/m0/s1. The van der Waals surface area contributed by atoms with E-state index < -0.39 is 15.9 Å². The van der Waals surface area contributed by atoms with Crippen LogP contribution in [0.3, 0.4) is 0 Å². The van der Waals surface area contributed by atoms with Gasteiger partial charge in [-0.15, -0.1) is 0 Å². The molecule has 146 valence electrons. The number of nitrogens with zero attached hydrogens (tertiary/aromatic N) is 2. The van der Waals surface area contributed by atoms with Gasteiger partial charge in [-0.3, -0.25) is 5.32 Å². The Hall–Kier alpha value is -1.97. The van der Waals surface area contributed by atoms with Crippen molar-refractivity contribution in [3.05, 3.63) is 36.5 Å². The summed E-state index contributed by atoms with van der Waals surface area (Å²) < 4.78 is 23.3. The first kappa shape index (κ1) is 19.8. The molecule has 0 unspecified atom stereocenters. The minimum absolute atomic E-state index is 0.0661. The highest BCUT2D eigenvalue weighted by Crippen LogP contribution is 2.29. The van der Waals surface area contributed by atoms with Crippen LogP contribution in [0.1, 0.15) is 19.8 Å². The molecule has 2 N–H and O–H groups in total. The molecule has 0 radical (unpaired) electrons. The van der Waals surface area contributed by atoms with Gasteiger partial charge in [0.15, 0.2) is 5.13 Å². The fraction of sp³-hybridized carbons (Fsp3) is 0.444. The minimum atomic E-state index is -3.02. The Morgan fingerprint density at radius 1 is 1.33 bits per heavy atom. The Labute approximate surface area is 163 Å². The van der Waals surface area contributed by atoms with E-state index >= 15 is 0 Å². The third-order valence-electron chi connectivity index (χ3n) is 4.46. The van der Waals surface area contributed by atoms with E-state index in [0.717, 1.165) is 10.4 Å². The lowest BCUT2D eigenvalue weighted by molar-refractivity contribution is 0.114. The predicted octanol–water partition coefficient (Wildman–Crippen LogP) is 2.60. The number of nitrogens with one attached hydrogen (secondary N) is 1. The Morgan fingerprint density at radius 3 is 2.63 bits per heavy atom. The quantitative estimate of drug-likeness (QED) is 0.791. The second-order valence-corrected chi connectivity index (χ2v) is 10.0. The zero-order valence-electron chi connectivity index (χ0n) is 15.0. The Morgan fingerprint density at radius 2 is 2.00 bits per heavy atom. The number of thiazole rings is 1. The number of amides is 2. The number of benzene rings is 1.